The molecule has 28 heavy (non-hydrogen) atoms. The summed E-state index contributed by atoms with van der Waals surface area (Å²) in [4.78, 5) is 25.3. The van der Waals surface area contributed by atoms with E-state index in [-0.39, 0.29) is 18.6 Å². The van der Waals surface area contributed by atoms with Crippen LogP contribution < -0.4 is 20.1 Å². The predicted molar refractivity (Wildman–Crippen MR) is 113 cm³/mol. The molecule has 1 unspecified atom stereocenters. The number of rotatable bonds is 8. The molecule has 2 amide bonds. The molecule has 1 heterocycles. The van der Waals surface area contributed by atoms with Gasteiger partial charge in [0.2, 0.25) is 12.7 Å². The minimum absolute atomic E-state index is 0.211. The Morgan fingerprint density at radius 1 is 1.18 bits per heavy atom. The molecule has 0 bridgehead atoms. The molecule has 2 N–H and O–H groups in total. The van der Waals surface area contributed by atoms with Crippen LogP contribution in [0.15, 0.2) is 46.9 Å². The fraction of sp³-hybridized carbons (Fsp3) is 0.300. The molecule has 2 aromatic rings. The van der Waals surface area contributed by atoms with Gasteiger partial charge in [0.25, 0.3) is 5.91 Å². The van der Waals surface area contributed by atoms with E-state index in [1.54, 1.807) is 30.0 Å². The van der Waals surface area contributed by atoms with Gasteiger partial charge in [0.05, 0.1) is 5.56 Å². The normalized spacial score (nSPS) is 13.1. The second-order valence-electron chi connectivity index (χ2n) is 6.19. The van der Waals surface area contributed by atoms with Crippen LogP contribution in [0.4, 0.5) is 0 Å². The molecule has 1 atom stereocenters. The number of benzene rings is 2. The third-order valence-corrected chi connectivity index (χ3v) is 5.59. The summed E-state index contributed by atoms with van der Waals surface area (Å²) in [7, 11) is 0. The predicted octanol–water partition coefficient (Wildman–Crippen LogP) is 3.35. The van der Waals surface area contributed by atoms with Gasteiger partial charge in [0.15, 0.2) is 11.5 Å². The van der Waals surface area contributed by atoms with E-state index in [4.69, 9.17) is 9.47 Å². The van der Waals surface area contributed by atoms with Gasteiger partial charge in [-0.2, -0.15) is 11.8 Å². The van der Waals surface area contributed by atoms with E-state index in [0.29, 0.717) is 34.5 Å². The third-order valence-electron chi connectivity index (χ3n) is 4.25. The summed E-state index contributed by atoms with van der Waals surface area (Å²) in [6.45, 7) is 0.555. The summed E-state index contributed by atoms with van der Waals surface area (Å²) in [6.07, 6.45) is 2.52. The summed E-state index contributed by atoms with van der Waals surface area (Å²) in [5.41, 5.74) is 1.40. The van der Waals surface area contributed by atoms with Crippen LogP contribution in [0.1, 0.15) is 22.3 Å². The first kappa shape index (κ1) is 20.5. The van der Waals surface area contributed by atoms with Gasteiger partial charge in [-0.05, 0) is 64.2 Å². The molecular weight excluding hydrogens is 444 g/mol. The molecule has 3 rings (SSSR count). The lowest BCUT2D eigenvalue weighted by atomic mass is 10.1. The highest BCUT2D eigenvalue weighted by Crippen LogP contribution is 2.32. The maximum atomic E-state index is 12.7. The van der Waals surface area contributed by atoms with Crippen molar-refractivity contribution in [3.8, 4) is 11.5 Å². The first-order valence-corrected chi connectivity index (χ1v) is 11.0. The number of hydrogen-bond donors (Lipinski definition) is 2. The van der Waals surface area contributed by atoms with Crippen molar-refractivity contribution < 1.29 is 19.1 Å². The number of carbonyl (C=O) groups excluding carboxylic acids is 2. The van der Waals surface area contributed by atoms with Crippen molar-refractivity contribution in [1.82, 2.24) is 10.6 Å². The Bertz CT molecular complexity index is 862. The lowest BCUT2D eigenvalue weighted by Crippen LogP contribution is -2.47. The third kappa shape index (κ3) is 5.20. The average molecular weight is 465 g/mol. The highest BCUT2D eigenvalue weighted by molar-refractivity contribution is 9.10. The van der Waals surface area contributed by atoms with Crippen molar-refractivity contribution in [3.05, 3.63) is 58.1 Å². The van der Waals surface area contributed by atoms with Crippen LogP contribution in [0.3, 0.4) is 0 Å². The number of ether oxygens (including phenoxy) is 2. The second kappa shape index (κ2) is 9.84. The zero-order chi connectivity index (χ0) is 19.9. The number of thioether (sulfide) groups is 1. The molecule has 8 heteroatoms. The van der Waals surface area contributed by atoms with Crippen LogP contribution in [-0.2, 0) is 11.3 Å². The number of hydrogen-bond acceptors (Lipinski definition) is 5. The number of amides is 2. The van der Waals surface area contributed by atoms with E-state index in [9.17, 15) is 9.59 Å². The summed E-state index contributed by atoms with van der Waals surface area (Å²) in [5.74, 6) is 1.64. The van der Waals surface area contributed by atoms with Gasteiger partial charge < -0.3 is 20.1 Å². The van der Waals surface area contributed by atoms with Gasteiger partial charge in [-0.25, -0.2) is 0 Å². The standard InChI is InChI=1S/C20H21BrN2O4S/c1-28-9-8-16(23-19(24)14-4-2-3-5-15(14)21)20(25)22-11-13-6-7-17-18(10-13)27-12-26-17/h2-7,10,16H,8-9,11-12H2,1H3,(H,22,25)(H,23,24). The molecule has 148 valence electrons. The summed E-state index contributed by atoms with van der Waals surface area (Å²) in [5, 5.41) is 5.75. The smallest absolute Gasteiger partial charge is 0.253 e. The van der Waals surface area contributed by atoms with Crippen molar-refractivity contribution in [1.29, 1.82) is 0 Å². The molecule has 0 radical (unpaired) electrons. The Hall–Kier alpha value is -2.19. The van der Waals surface area contributed by atoms with Crippen LogP contribution in [-0.4, -0.2) is 36.7 Å². The number of halogens is 1. The molecule has 0 saturated carbocycles. The molecule has 0 fully saturated rings. The molecule has 0 aromatic heterocycles. The van der Waals surface area contributed by atoms with Gasteiger partial charge in [-0.3, -0.25) is 9.59 Å². The van der Waals surface area contributed by atoms with Gasteiger partial charge in [0, 0.05) is 11.0 Å². The molecule has 1 aliphatic heterocycles. The number of carbonyl (C=O) groups is 2. The molecular formula is C20H21BrN2O4S. The van der Waals surface area contributed by atoms with Crippen molar-refractivity contribution in [2.75, 3.05) is 18.8 Å². The maximum absolute atomic E-state index is 12.7. The van der Waals surface area contributed by atoms with Crippen LogP contribution >= 0.6 is 27.7 Å². The quantitative estimate of drug-likeness (QED) is 0.626. The minimum Gasteiger partial charge on any atom is -0.454 e. The van der Waals surface area contributed by atoms with Crippen molar-refractivity contribution in [2.45, 2.75) is 19.0 Å². The Balaban J connectivity index is 1.62. The van der Waals surface area contributed by atoms with Crippen LogP contribution in [0, 0.1) is 0 Å². The lowest BCUT2D eigenvalue weighted by Gasteiger charge is -2.19. The van der Waals surface area contributed by atoms with E-state index in [1.165, 1.54) is 0 Å². The van der Waals surface area contributed by atoms with E-state index < -0.39 is 6.04 Å². The van der Waals surface area contributed by atoms with Gasteiger partial charge >= 0.3 is 0 Å². The first-order valence-electron chi connectivity index (χ1n) is 8.79. The Labute approximate surface area is 176 Å². The highest BCUT2D eigenvalue weighted by Gasteiger charge is 2.22. The Kier molecular flexibility index (Phi) is 7.22. The maximum Gasteiger partial charge on any atom is 0.253 e. The summed E-state index contributed by atoms with van der Waals surface area (Å²) in [6, 6.07) is 12.1. The largest absolute Gasteiger partial charge is 0.454 e. The molecule has 0 saturated heterocycles. The van der Waals surface area contributed by atoms with E-state index in [1.807, 2.05) is 30.5 Å². The van der Waals surface area contributed by atoms with E-state index in [2.05, 4.69) is 26.6 Å². The van der Waals surface area contributed by atoms with Gasteiger partial charge in [-0.1, -0.05) is 18.2 Å². The average Bonchev–Trinajstić information content (AvgIpc) is 3.17. The fourth-order valence-corrected chi connectivity index (χ4v) is 3.69. The van der Waals surface area contributed by atoms with E-state index in [0.717, 1.165) is 11.3 Å². The minimum atomic E-state index is -0.610. The monoisotopic (exact) mass is 464 g/mol. The Morgan fingerprint density at radius 2 is 1.96 bits per heavy atom. The molecule has 0 aliphatic carbocycles. The van der Waals surface area contributed by atoms with Gasteiger partial charge in [-0.15, -0.1) is 0 Å². The second-order valence-corrected chi connectivity index (χ2v) is 8.03. The van der Waals surface area contributed by atoms with Gasteiger partial charge in [0.1, 0.15) is 6.04 Å². The topological polar surface area (TPSA) is 76.7 Å². The zero-order valence-corrected chi connectivity index (χ0v) is 17.8. The van der Waals surface area contributed by atoms with Crippen molar-refractivity contribution in [2.24, 2.45) is 0 Å². The SMILES string of the molecule is CSCCC(NC(=O)c1ccccc1Br)C(=O)NCc1ccc2c(c1)OCO2. The molecule has 2 aromatic carbocycles. The van der Waals surface area contributed by atoms with Crippen molar-refractivity contribution >= 4 is 39.5 Å². The van der Waals surface area contributed by atoms with E-state index >= 15 is 0 Å². The van der Waals surface area contributed by atoms with Crippen LogP contribution in [0.2, 0.25) is 0 Å². The molecule has 0 spiro atoms. The molecule has 6 nitrogen and oxygen atoms in total. The highest BCUT2D eigenvalue weighted by atomic mass is 79.9. The van der Waals surface area contributed by atoms with Crippen LogP contribution in [0.5, 0.6) is 11.5 Å². The molecule has 1 aliphatic rings. The fourth-order valence-electron chi connectivity index (χ4n) is 2.75. The van der Waals surface area contributed by atoms with Crippen LogP contribution in [0.25, 0.3) is 0 Å². The number of fused-ring (bicyclic) bond motifs is 1. The lowest BCUT2D eigenvalue weighted by molar-refractivity contribution is -0.123. The van der Waals surface area contributed by atoms with Crippen molar-refractivity contribution in [3.63, 3.8) is 0 Å². The number of nitrogens with one attached hydrogen (secondary N) is 2. The summed E-state index contributed by atoms with van der Waals surface area (Å²) >= 11 is 5.01. The zero-order valence-electron chi connectivity index (χ0n) is 15.4. The Morgan fingerprint density at radius 3 is 2.75 bits per heavy atom. The summed E-state index contributed by atoms with van der Waals surface area (Å²) < 4.78 is 11.3. The first-order chi connectivity index (χ1) is 13.6.